The Morgan fingerprint density at radius 3 is 2.64 bits per heavy atom. The first kappa shape index (κ1) is 17.5. The Kier molecular flexibility index (Phi) is 5.37. The number of hydrogen-bond donors (Lipinski definition) is 0. The Bertz CT molecular complexity index is 646. The summed E-state index contributed by atoms with van der Waals surface area (Å²) < 4.78 is 32.9. The van der Waals surface area contributed by atoms with Gasteiger partial charge in [-0.25, -0.2) is 8.42 Å². The minimum atomic E-state index is -3.60. The van der Waals surface area contributed by atoms with Gasteiger partial charge < -0.3 is 9.64 Å². The van der Waals surface area contributed by atoms with E-state index in [9.17, 15) is 8.42 Å². The van der Waals surface area contributed by atoms with Gasteiger partial charge in [-0.1, -0.05) is 11.6 Å². The predicted molar refractivity (Wildman–Crippen MR) is 88.2 cm³/mol. The number of likely N-dealkylation sites (N-methyl/N-ethyl adjacent to an activating group) is 1. The molecule has 1 heterocycles. The molecule has 1 atom stereocenters. The largest absolute Gasteiger partial charge is 0.492 e. The number of halogens is 1. The van der Waals surface area contributed by atoms with E-state index >= 15 is 0 Å². The fourth-order valence-corrected chi connectivity index (χ4v) is 4.46. The van der Waals surface area contributed by atoms with Crippen molar-refractivity contribution < 1.29 is 13.2 Å². The van der Waals surface area contributed by atoms with E-state index in [0.29, 0.717) is 30.5 Å². The minimum Gasteiger partial charge on any atom is -0.492 e. The topological polar surface area (TPSA) is 49.9 Å². The average molecular weight is 347 g/mol. The van der Waals surface area contributed by atoms with Gasteiger partial charge in [0.05, 0.1) is 6.61 Å². The first-order valence-corrected chi connectivity index (χ1v) is 9.18. The highest BCUT2D eigenvalue weighted by atomic mass is 35.5. The van der Waals surface area contributed by atoms with Crippen LogP contribution in [0.15, 0.2) is 17.0 Å². The fourth-order valence-electron chi connectivity index (χ4n) is 2.60. The van der Waals surface area contributed by atoms with Gasteiger partial charge in [-0.2, -0.15) is 4.31 Å². The summed E-state index contributed by atoms with van der Waals surface area (Å²) in [5, 5.41) is 0.436. The zero-order chi connectivity index (χ0) is 16.5. The second-order valence-corrected chi connectivity index (χ2v) is 8.06. The number of benzene rings is 1. The van der Waals surface area contributed by atoms with E-state index < -0.39 is 10.0 Å². The van der Waals surface area contributed by atoms with Gasteiger partial charge in [0, 0.05) is 24.2 Å². The molecular formula is C15H23ClN2O3S. The van der Waals surface area contributed by atoms with Gasteiger partial charge in [-0.05, 0) is 52.1 Å². The van der Waals surface area contributed by atoms with Crippen LogP contribution in [0.2, 0.25) is 5.02 Å². The molecule has 0 saturated carbocycles. The normalized spacial score (nSPS) is 19.8. The molecule has 0 bridgehead atoms. The lowest BCUT2D eigenvalue weighted by Gasteiger charge is -2.21. The Morgan fingerprint density at radius 2 is 2.09 bits per heavy atom. The summed E-state index contributed by atoms with van der Waals surface area (Å²) in [6.07, 6.45) is 0.829. The van der Waals surface area contributed by atoms with E-state index in [0.717, 1.165) is 12.0 Å². The lowest BCUT2D eigenvalue weighted by molar-refractivity contribution is 0.301. The second-order valence-electron chi connectivity index (χ2n) is 5.75. The zero-order valence-electron chi connectivity index (χ0n) is 13.5. The van der Waals surface area contributed by atoms with Crippen LogP contribution in [0.25, 0.3) is 0 Å². The maximum atomic E-state index is 12.9. The predicted octanol–water partition coefficient (Wildman–Crippen LogP) is 2.37. The maximum absolute atomic E-state index is 12.9. The van der Waals surface area contributed by atoms with Gasteiger partial charge in [0.2, 0.25) is 10.0 Å². The van der Waals surface area contributed by atoms with Gasteiger partial charge in [0.1, 0.15) is 10.6 Å². The third-order valence-electron chi connectivity index (χ3n) is 4.00. The highest BCUT2D eigenvalue weighted by molar-refractivity contribution is 7.89. The van der Waals surface area contributed by atoms with Crippen LogP contribution in [0, 0.1) is 6.92 Å². The maximum Gasteiger partial charge on any atom is 0.246 e. The molecule has 1 aliphatic rings. The summed E-state index contributed by atoms with van der Waals surface area (Å²) in [7, 11) is 0.335. The Labute approximate surface area is 137 Å². The van der Waals surface area contributed by atoms with E-state index in [1.807, 2.05) is 27.9 Å². The number of hydrogen-bond acceptors (Lipinski definition) is 4. The molecule has 1 aromatic rings. The standard InChI is InChI=1S/C15H23ClN2O3S/c1-5-21-14-8-11(2)13(16)9-15(14)22(19,20)18-7-6-12(10-18)17(3)4/h8-9,12H,5-7,10H2,1-4H3. The van der Waals surface area contributed by atoms with Crippen LogP contribution in [-0.2, 0) is 10.0 Å². The number of ether oxygens (including phenoxy) is 1. The molecule has 0 aromatic heterocycles. The average Bonchev–Trinajstić information content (AvgIpc) is 2.93. The Morgan fingerprint density at radius 1 is 1.41 bits per heavy atom. The molecule has 2 rings (SSSR count). The molecule has 0 amide bonds. The summed E-state index contributed by atoms with van der Waals surface area (Å²) in [4.78, 5) is 2.21. The molecule has 1 saturated heterocycles. The lowest BCUT2D eigenvalue weighted by atomic mass is 10.2. The smallest absolute Gasteiger partial charge is 0.246 e. The molecule has 0 spiro atoms. The summed E-state index contributed by atoms with van der Waals surface area (Å²) in [6.45, 7) is 5.08. The summed E-state index contributed by atoms with van der Waals surface area (Å²) >= 11 is 6.13. The molecule has 1 fully saturated rings. The van der Waals surface area contributed by atoms with Crippen molar-refractivity contribution in [3.05, 3.63) is 22.7 Å². The Balaban J connectivity index is 2.39. The van der Waals surface area contributed by atoms with E-state index in [-0.39, 0.29) is 10.9 Å². The van der Waals surface area contributed by atoms with Crippen molar-refractivity contribution in [2.24, 2.45) is 0 Å². The first-order valence-electron chi connectivity index (χ1n) is 7.37. The van der Waals surface area contributed by atoms with Crippen molar-refractivity contribution in [2.45, 2.75) is 31.2 Å². The molecule has 124 valence electrons. The fraction of sp³-hybridized carbons (Fsp3) is 0.600. The van der Waals surface area contributed by atoms with E-state index in [2.05, 4.69) is 4.90 Å². The van der Waals surface area contributed by atoms with Crippen molar-refractivity contribution in [1.82, 2.24) is 9.21 Å². The molecule has 1 unspecified atom stereocenters. The molecule has 0 N–H and O–H groups in total. The van der Waals surface area contributed by atoms with Gasteiger partial charge in [0.25, 0.3) is 0 Å². The Hall–Kier alpha value is -0.820. The van der Waals surface area contributed by atoms with E-state index in [4.69, 9.17) is 16.3 Å². The SMILES string of the molecule is CCOc1cc(C)c(Cl)cc1S(=O)(=O)N1CCC(N(C)C)C1. The monoisotopic (exact) mass is 346 g/mol. The molecule has 1 aromatic carbocycles. The quantitative estimate of drug-likeness (QED) is 0.821. The molecule has 1 aliphatic heterocycles. The van der Waals surface area contributed by atoms with Crippen molar-refractivity contribution in [2.75, 3.05) is 33.8 Å². The van der Waals surface area contributed by atoms with E-state index in [1.165, 1.54) is 10.4 Å². The molecule has 7 heteroatoms. The third-order valence-corrected chi connectivity index (χ3v) is 6.29. The van der Waals surface area contributed by atoms with Crippen LogP contribution in [0.4, 0.5) is 0 Å². The summed E-state index contributed by atoms with van der Waals surface area (Å²) in [6, 6.07) is 3.43. The van der Waals surface area contributed by atoms with Crippen LogP contribution in [0.5, 0.6) is 5.75 Å². The lowest BCUT2D eigenvalue weighted by Crippen LogP contribution is -2.34. The van der Waals surface area contributed by atoms with Crippen molar-refractivity contribution in [1.29, 1.82) is 0 Å². The van der Waals surface area contributed by atoms with Crippen LogP contribution < -0.4 is 4.74 Å². The number of nitrogens with zero attached hydrogens (tertiary/aromatic N) is 2. The van der Waals surface area contributed by atoms with Crippen LogP contribution in [0.3, 0.4) is 0 Å². The number of rotatable bonds is 5. The van der Waals surface area contributed by atoms with Gasteiger partial charge in [-0.3, -0.25) is 0 Å². The van der Waals surface area contributed by atoms with Crippen LogP contribution in [-0.4, -0.2) is 57.5 Å². The van der Waals surface area contributed by atoms with Gasteiger partial charge in [0.15, 0.2) is 0 Å². The number of sulfonamides is 1. The van der Waals surface area contributed by atoms with Crippen molar-refractivity contribution >= 4 is 21.6 Å². The van der Waals surface area contributed by atoms with Crippen molar-refractivity contribution in [3.8, 4) is 5.75 Å². The van der Waals surface area contributed by atoms with Crippen LogP contribution in [0.1, 0.15) is 18.9 Å². The first-order chi connectivity index (χ1) is 10.3. The second kappa shape index (κ2) is 6.74. The van der Waals surface area contributed by atoms with E-state index in [1.54, 1.807) is 6.07 Å². The highest BCUT2D eigenvalue weighted by Gasteiger charge is 2.35. The summed E-state index contributed by atoms with van der Waals surface area (Å²) in [5.74, 6) is 0.373. The third kappa shape index (κ3) is 3.40. The number of aryl methyl sites for hydroxylation is 1. The molecule has 0 aliphatic carbocycles. The van der Waals surface area contributed by atoms with Crippen LogP contribution >= 0.6 is 11.6 Å². The molecule has 5 nitrogen and oxygen atoms in total. The molecular weight excluding hydrogens is 324 g/mol. The minimum absolute atomic E-state index is 0.157. The highest BCUT2D eigenvalue weighted by Crippen LogP contribution is 2.33. The van der Waals surface area contributed by atoms with Gasteiger partial charge in [-0.15, -0.1) is 0 Å². The summed E-state index contributed by atoms with van der Waals surface area (Å²) in [5.41, 5.74) is 0.802. The molecule has 22 heavy (non-hydrogen) atoms. The van der Waals surface area contributed by atoms with Gasteiger partial charge >= 0.3 is 0 Å². The zero-order valence-corrected chi connectivity index (χ0v) is 15.0. The van der Waals surface area contributed by atoms with Crippen molar-refractivity contribution in [3.63, 3.8) is 0 Å². The molecule has 0 radical (unpaired) electrons.